The molecule has 3 aromatic rings. The zero-order valence-electron chi connectivity index (χ0n) is 13.3. The molecule has 0 fully saturated rings. The van der Waals surface area contributed by atoms with Gasteiger partial charge in [0.05, 0.1) is 27.7 Å². The van der Waals surface area contributed by atoms with Crippen LogP contribution in [-0.4, -0.2) is 32.2 Å². The molecule has 1 heteroatoms. The molecule has 0 aliphatic rings. The molecule has 0 spiro atoms. The summed E-state index contributed by atoms with van der Waals surface area (Å²) in [6.45, 7) is 1.21. The van der Waals surface area contributed by atoms with Crippen molar-refractivity contribution in [3.8, 4) is 0 Å². The smallest absolute Gasteiger partial charge is 0.0783 e. The molecule has 108 valence electrons. The number of aryl methyl sites for hydroxylation is 1. The van der Waals surface area contributed by atoms with Crippen LogP contribution in [0.4, 0.5) is 0 Å². The zero-order chi connectivity index (χ0) is 14.9. The first-order valence-electron chi connectivity index (χ1n) is 7.74. The maximum Gasteiger partial charge on any atom is 0.0783 e. The Morgan fingerprint density at radius 1 is 0.762 bits per heavy atom. The molecule has 0 aromatic heterocycles. The number of rotatable bonds is 4. The van der Waals surface area contributed by atoms with Crippen molar-refractivity contribution in [2.75, 3.05) is 27.7 Å². The summed E-state index contributed by atoms with van der Waals surface area (Å²) in [5.74, 6) is 0. The summed E-state index contributed by atoms with van der Waals surface area (Å²) >= 11 is 0. The zero-order valence-corrected chi connectivity index (χ0v) is 13.3. The molecule has 0 N–H and O–H groups in total. The molecule has 0 saturated carbocycles. The van der Waals surface area contributed by atoms with Crippen molar-refractivity contribution < 1.29 is 4.48 Å². The molecule has 0 aliphatic carbocycles. The molecule has 0 unspecified atom stereocenters. The third-order valence-electron chi connectivity index (χ3n) is 4.14. The fourth-order valence-corrected chi connectivity index (χ4v) is 3.11. The Bertz CT molecular complexity index is 711. The molecule has 0 amide bonds. The van der Waals surface area contributed by atoms with E-state index in [9.17, 15) is 0 Å². The van der Waals surface area contributed by atoms with Crippen molar-refractivity contribution in [1.82, 2.24) is 0 Å². The minimum absolute atomic E-state index is 1.03. The highest BCUT2D eigenvalue weighted by Crippen LogP contribution is 2.29. The van der Waals surface area contributed by atoms with Crippen LogP contribution in [0.25, 0.3) is 21.5 Å². The van der Waals surface area contributed by atoms with E-state index in [0.29, 0.717) is 0 Å². The van der Waals surface area contributed by atoms with Crippen molar-refractivity contribution in [2.24, 2.45) is 0 Å². The van der Waals surface area contributed by atoms with Gasteiger partial charge in [-0.05, 0) is 39.6 Å². The first-order chi connectivity index (χ1) is 10.0. The molecule has 0 saturated heterocycles. The largest absolute Gasteiger partial charge is 0.331 e. The third kappa shape index (κ3) is 3.08. The second kappa shape index (κ2) is 5.50. The van der Waals surface area contributed by atoms with Gasteiger partial charge < -0.3 is 4.48 Å². The summed E-state index contributed by atoms with van der Waals surface area (Å²) in [6.07, 6.45) is 2.37. The standard InChI is InChI=1S/C20H24N/c1-21(2,3)14-8-13-20-18-11-6-4-9-16(18)15-17-10-5-7-12-19(17)20/h4-7,9-12,15H,8,13-14H2,1-3H3/q+1. The lowest BCUT2D eigenvalue weighted by molar-refractivity contribution is -0.870. The predicted octanol–water partition coefficient (Wildman–Crippen LogP) is 4.63. The van der Waals surface area contributed by atoms with Crippen LogP contribution in [-0.2, 0) is 6.42 Å². The fourth-order valence-electron chi connectivity index (χ4n) is 3.11. The van der Waals surface area contributed by atoms with Crippen LogP contribution >= 0.6 is 0 Å². The Labute approximate surface area is 127 Å². The van der Waals surface area contributed by atoms with E-state index in [1.807, 2.05) is 0 Å². The molecular weight excluding hydrogens is 254 g/mol. The molecule has 0 heterocycles. The van der Waals surface area contributed by atoms with Gasteiger partial charge in [0.1, 0.15) is 0 Å². The summed E-state index contributed by atoms with van der Waals surface area (Å²) in [5.41, 5.74) is 1.51. The molecule has 3 rings (SSSR count). The van der Waals surface area contributed by atoms with Gasteiger partial charge in [-0.15, -0.1) is 0 Å². The highest BCUT2D eigenvalue weighted by Gasteiger charge is 2.10. The minimum atomic E-state index is 1.03. The predicted molar refractivity (Wildman–Crippen MR) is 92.7 cm³/mol. The highest BCUT2D eigenvalue weighted by molar-refractivity contribution is 6.02. The van der Waals surface area contributed by atoms with Gasteiger partial charge in [-0.25, -0.2) is 0 Å². The van der Waals surface area contributed by atoms with E-state index in [1.54, 1.807) is 0 Å². The van der Waals surface area contributed by atoms with Gasteiger partial charge in [-0.2, -0.15) is 0 Å². The topological polar surface area (TPSA) is 0 Å². The van der Waals surface area contributed by atoms with Gasteiger partial charge in [0.15, 0.2) is 0 Å². The monoisotopic (exact) mass is 278 g/mol. The van der Waals surface area contributed by atoms with Crippen molar-refractivity contribution >= 4 is 21.5 Å². The Hall–Kier alpha value is -1.86. The maximum absolute atomic E-state index is 2.31. The Kier molecular flexibility index (Phi) is 3.69. The number of hydrogen-bond acceptors (Lipinski definition) is 0. The first-order valence-corrected chi connectivity index (χ1v) is 7.74. The average molecular weight is 278 g/mol. The quantitative estimate of drug-likeness (QED) is 0.482. The number of nitrogens with zero attached hydrogens (tertiary/aromatic N) is 1. The average Bonchev–Trinajstić information content (AvgIpc) is 2.45. The van der Waals surface area contributed by atoms with Gasteiger partial charge in [0.2, 0.25) is 0 Å². The lowest BCUT2D eigenvalue weighted by Crippen LogP contribution is -2.35. The van der Waals surface area contributed by atoms with Crippen molar-refractivity contribution in [3.05, 3.63) is 60.2 Å². The van der Waals surface area contributed by atoms with E-state index in [0.717, 1.165) is 10.9 Å². The molecule has 0 bridgehead atoms. The number of quaternary nitrogens is 1. The number of hydrogen-bond donors (Lipinski definition) is 0. The Morgan fingerprint density at radius 3 is 1.81 bits per heavy atom. The summed E-state index contributed by atoms with van der Waals surface area (Å²) in [7, 11) is 6.80. The van der Waals surface area contributed by atoms with Crippen molar-refractivity contribution in [3.63, 3.8) is 0 Å². The van der Waals surface area contributed by atoms with E-state index in [-0.39, 0.29) is 0 Å². The molecule has 0 radical (unpaired) electrons. The lowest BCUT2D eigenvalue weighted by Gasteiger charge is -2.24. The van der Waals surface area contributed by atoms with E-state index in [2.05, 4.69) is 75.7 Å². The molecule has 0 aliphatic heterocycles. The normalized spacial score (nSPS) is 12.1. The van der Waals surface area contributed by atoms with E-state index in [1.165, 1.54) is 40.1 Å². The Balaban J connectivity index is 2.07. The van der Waals surface area contributed by atoms with Crippen LogP contribution in [0.3, 0.4) is 0 Å². The molecule has 0 atom stereocenters. The van der Waals surface area contributed by atoms with Crippen molar-refractivity contribution in [1.29, 1.82) is 0 Å². The van der Waals surface area contributed by atoms with Crippen LogP contribution in [0.1, 0.15) is 12.0 Å². The lowest BCUT2D eigenvalue weighted by atomic mass is 9.94. The van der Waals surface area contributed by atoms with Gasteiger partial charge in [-0.1, -0.05) is 48.5 Å². The highest BCUT2D eigenvalue weighted by atomic mass is 15.3. The van der Waals surface area contributed by atoms with Crippen molar-refractivity contribution in [2.45, 2.75) is 12.8 Å². The molecule has 21 heavy (non-hydrogen) atoms. The summed E-state index contributed by atoms with van der Waals surface area (Å²) in [4.78, 5) is 0. The maximum atomic E-state index is 2.31. The van der Waals surface area contributed by atoms with E-state index >= 15 is 0 Å². The number of benzene rings is 3. The fraction of sp³-hybridized carbons (Fsp3) is 0.300. The summed E-state index contributed by atoms with van der Waals surface area (Å²) in [5, 5.41) is 5.54. The van der Waals surface area contributed by atoms with Crippen LogP contribution in [0.2, 0.25) is 0 Å². The van der Waals surface area contributed by atoms with Gasteiger partial charge in [0.25, 0.3) is 0 Å². The third-order valence-corrected chi connectivity index (χ3v) is 4.14. The number of fused-ring (bicyclic) bond motifs is 2. The molecular formula is C20H24N+. The van der Waals surface area contributed by atoms with E-state index in [4.69, 9.17) is 0 Å². The van der Waals surface area contributed by atoms with Gasteiger partial charge >= 0.3 is 0 Å². The summed E-state index contributed by atoms with van der Waals surface area (Å²) in [6, 6.07) is 19.9. The van der Waals surface area contributed by atoms with Gasteiger partial charge in [0, 0.05) is 6.42 Å². The van der Waals surface area contributed by atoms with Crippen LogP contribution < -0.4 is 0 Å². The SMILES string of the molecule is C[N+](C)(C)CCCc1c2ccccc2cc2ccccc12. The molecule has 3 aromatic carbocycles. The second-order valence-electron chi connectivity index (χ2n) is 6.91. The minimum Gasteiger partial charge on any atom is -0.331 e. The Morgan fingerprint density at radius 2 is 1.29 bits per heavy atom. The van der Waals surface area contributed by atoms with Crippen LogP contribution in [0, 0.1) is 0 Å². The second-order valence-corrected chi connectivity index (χ2v) is 6.91. The van der Waals surface area contributed by atoms with Crippen LogP contribution in [0.15, 0.2) is 54.6 Å². The molecule has 1 nitrogen and oxygen atoms in total. The van der Waals surface area contributed by atoms with Gasteiger partial charge in [-0.3, -0.25) is 0 Å². The van der Waals surface area contributed by atoms with E-state index < -0.39 is 0 Å². The summed E-state index contributed by atoms with van der Waals surface area (Å²) < 4.78 is 1.03. The first kappa shape index (κ1) is 14.1. The van der Waals surface area contributed by atoms with Crippen LogP contribution in [0.5, 0.6) is 0 Å².